The lowest BCUT2D eigenvalue weighted by Gasteiger charge is -2.21. The van der Waals surface area contributed by atoms with E-state index in [1.165, 1.54) is 0 Å². The summed E-state index contributed by atoms with van der Waals surface area (Å²) < 4.78 is 0. The standard InChI is InChI=1S/C13H23N3S/c1-9-6-13(14,8-16(9)5)11-15-10(7-17-11)12(2,3)4/h7,9H,6,8,14H2,1-5H3. The van der Waals surface area contributed by atoms with Gasteiger partial charge in [0.05, 0.1) is 11.2 Å². The molecule has 0 spiro atoms. The van der Waals surface area contributed by atoms with Crippen LogP contribution in [0.2, 0.25) is 0 Å². The van der Waals surface area contributed by atoms with Gasteiger partial charge >= 0.3 is 0 Å². The molecule has 1 aromatic rings. The summed E-state index contributed by atoms with van der Waals surface area (Å²) in [7, 11) is 2.14. The lowest BCUT2D eigenvalue weighted by atomic mass is 9.93. The fraction of sp³-hybridized carbons (Fsp3) is 0.769. The largest absolute Gasteiger partial charge is 0.318 e. The number of rotatable bonds is 1. The van der Waals surface area contributed by atoms with Crippen molar-refractivity contribution in [1.29, 1.82) is 0 Å². The Morgan fingerprint density at radius 3 is 2.59 bits per heavy atom. The fourth-order valence-electron chi connectivity index (χ4n) is 2.35. The van der Waals surface area contributed by atoms with Crippen molar-refractivity contribution < 1.29 is 0 Å². The van der Waals surface area contributed by atoms with Gasteiger partial charge in [0, 0.05) is 23.4 Å². The first kappa shape index (κ1) is 13.0. The summed E-state index contributed by atoms with van der Waals surface area (Å²) in [5, 5.41) is 3.26. The van der Waals surface area contributed by atoms with Gasteiger partial charge in [-0.2, -0.15) is 0 Å². The average Bonchev–Trinajstić information content (AvgIpc) is 2.72. The zero-order chi connectivity index (χ0) is 12.8. The second-order valence-corrected chi connectivity index (χ2v) is 7.27. The third-order valence-corrected chi connectivity index (χ3v) is 4.70. The lowest BCUT2D eigenvalue weighted by molar-refractivity contribution is 0.320. The van der Waals surface area contributed by atoms with E-state index in [9.17, 15) is 0 Å². The summed E-state index contributed by atoms with van der Waals surface area (Å²) in [6, 6.07) is 0.544. The van der Waals surface area contributed by atoms with Gasteiger partial charge in [-0.25, -0.2) is 4.98 Å². The van der Waals surface area contributed by atoms with E-state index < -0.39 is 0 Å². The van der Waals surface area contributed by atoms with Crippen LogP contribution in [0.15, 0.2) is 5.38 Å². The monoisotopic (exact) mass is 253 g/mol. The molecular formula is C13H23N3S. The normalized spacial score (nSPS) is 31.1. The molecule has 96 valence electrons. The molecule has 2 atom stereocenters. The van der Waals surface area contributed by atoms with Gasteiger partial charge in [-0.05, 0) is 20.4 Å². The van der Waals surface area contributed by atoms with Crippen LogP contribution in [0.25, 0.3) is 0 Å². The second kappa shape index (κ2) is 4.04. The molecular weight excluding hydrogens is 230 g/mol. The van der Waals surface area contributed by atoms with Gasteiger partial charge in [-0.3, -0.25) is 0 Å². The van der Waals surface area contributed by atoms with Crippen molar-refractivity contribution in [1.82, 2.24) is 9.88 Å². The van der Waals surface area contributed by atoms with E-state index >= 15 is 0 Å². The molecule has 1 aliphatic rings. The minimum atomic E-state index is -0.248. The van der Waals surface area contributed by atoms with E-state index in [-0.39, 0.29) is 11.0 Å². The number of likely N-dealkylation sites (tertiary alicyclic amines) is 1. The summed E-state index contributed by atoms with van der Waals surface area (Å²) in [6.45, 7) is 9.72. The highest BCUT2D eigenvalue weighted by molar-refractivity contribution is 7.09. The lowest BCUT2D eigenvalue weighted by Crippen LogP contribution is -2.39. The predicted molar refractivity (Wildman–Crippen MR) is 73.4 cm³/mol. The molecule has 1 aliphatic heterocycles. The van der Waals surface area contributed by atoms with Gasteiger partial charge in [-0.1, -0.05) is 20.8 Å². The average molecular weight is 253 g/mol. The number of hydrogen-bond donors (Lipinski definition) is 1. The second-order valence-electron chi connectivity index (χ2n) is 6.41. The number of nitrogens with zero attached hydrogens (tertiary/aromatic N) is 2. The molecule has 1 fully saturated rings. The quantitative estimate of drug-likeness (QED) is 0.835. The first-order chi connectivity index (χ1) is 7.72. The predicted octanol–water partition coefficient (Wildman–Crippen LogP) is 2.32. The van der Waals surface area contributed by atoms with Crippen LogP contribution >= 0.6 is 11.3 Å². The van der Waals surface area contributed by atoms with Crippen molar-refractivity contribution in [3.63, 3.8) is 0 Å². The maximum Gasteiger partial charge on any atom is 0.114 e. The van der Waals surface area contributed by atoms with Crippen LogP contribution in [0.5, 0.6) is 0 Å². The SMILES string of the molecule is CC1CC(N)(c2nc(C(C)(C)C)cs2)CN1C. The van der Waals surface area contributed by atoms with Crippen LogP contribution in [0.3, 0.4) is 0 Å². The molecule has 2 N–H and O–H groups in total. The smallest absolute Gasteiger partial charge is 0.114 e. The van der Waals surface area contributed by atoms with Gasteiger partial charge in [0.1, 0.15) is 5.01 Å². The van der Waals surface area contributed by atoms with E-state index in [0.29, 0.717) is 6.04 Å². The molecule has 0 aromatic carbocycles. The minimum absolute atomic E-state index is 0.112. The highest BCUT2D eigenvalue weighted by Gasteiger charge is 2.41. The molecule has 0 saturated carbocycles. The van der Waals surface area contributed by atoms with Crippen molar-refractivity contribution in [3.05, 3.63) is 16.1 Å². The Kier molecular flexibility index (Phi) is 3.09. The molecule has 17 heavy (non-hydrogen) atoms. The van der Waals surface area contributed by atoms with Gasteiger partial charge < -0.3 is 10.6 Å². The van der Waals surface area contributed by atoms with E-state index in [1.807, 2.05) is 0 Å². The van der Waals surface area contributed by atoms with Crippen molar-refractivity contribution >= 4 is 11.3 Å². The Bertz CT molecular complexity index is 395. The van der Waals surface area contributed by atoms with Crippen LogP contribution in [0, 0.1) is 0 Å². The van der Waals surface area contributed by atoms with Crippen LogP contribution in [-0.4, -0.2) is 29.5 Å². The number of thiazole rings is 1. The number of aromatic nitrogens is 1. The Morgan fingerprint density at radius 2 is 2.18 bits per heavy atom. The van der Waals surface area contributed by atoms with E-state index in [2.05, 4.69) is 45.0 Å². The molecule has 0 aliphatic carbocycles. The maximum absolute atomic E-state index is 6.52. The number of likely N-dealkylation sites (N-methyl/N-ethyl adjacent to an activating group) is 1. The molecule has 1 saturated heterocycles. The van der Waals surface area contributed by atoms with Crippen molar-refractivity contribution in [2.45, 2.75) is 51.1 Å². The topological polar surface area (TPSA) is 42.1 Å². The zero-order valence-electron chi connectivity index (χ0n) is 11.4. The zero-order valence-corrected chi connectivity index (χ0v) is 12.3. The highest BCUT2D eigenvalue weighted by Crippen LogP contribution is 2.36. The van der Waals surface area contributed by atoms with Gasteiger partial charge in [0.15, 0.2) is 0 Å². The number of nitrogens with two attached hydrogens (primary N) is 1. The third-order valence-electron chi connectivity index (χ3n) is 3.64. The summed E-state index contributed by atoms with van der Waals surface area (Å²) in [6.07, 6.45) is 1.00. The summed E-state index contributed by atoms with van der Waals surface area (Å²) in [5.74, 6) is 0. The Labute approximate surface area is 108 Å². The first-order valence-electron chi connectivity index (χ1n) is 6.18. The fourth-order valence-corrected chi connectivity index (χ4v) is 3.51. The van der Waals surface area contributed by atoms with Crippen LogP contribution in [-0.2, 0) is 11.0 Å². The van der Waals surface area contributed by atoms with Gasteiger partial charge in [0.25, 0.3) is 0 Å². The molecule has 2 heterocycles. The molecule has 4 heteroatoms. The Morgan fingerprint density at radius 1 is 1.53 bits per heavy atom. The van der Waals surface area contributed by atoms with Crippen LogP contribution < -0.4 is 5.73 Å². The highest BCUT2D eigenvalue weighted by atomic mass is 32.1. The van der Waals surface area contributed by atoms with E-state index in [1.54, 1.807) is 11.3 Å². The molecule has 0 radical (unpaired) electrons. The van der Waals surface area contributed by atoms with Crippen molar-refractivity contribution in [2.24, 2.45) is 5.73 Å². The van der Waals surface area contributed by atoms with Gasteiger partial charge in [-0.15, -0.1) is 11.3 Å². The van der Waals surface area contributed by atoms with E-state index in [4.69, 9.17) is 10.7 Å². The Balaban J connectivity index is 2.27. The van der Waals surface area contributed by atoms with Crippen LogP contribution in [0.1, 0.15) is 44.8 Å². The Hall–Kier alpha value is -0.450. The molecule has 0 amide bonds. The van der Waals surface area contributed by atoms with Gasteiger partial charge in [0.2, 0.25) is 0 Å². The third kappa shape index (κ3) is 2.39. The van der Waals surface area contributed by atoms with Crippen molar-refractivity contribution in [2.75, 3.05) is 13.6 Å². The molecule has 2 unspecified atom stereocenters. The molecule has 0 bridgehead atoms. The van der Waals surface area contributed by atoms with Crippen LogP contribution in [0.4, 0.5) is 0 Å². The summed E-state index contributed by atoms with van der Waals surface area (Å²) in [5.41, 5.74) is 7.55. The number of hydrogen-bond acceptors (Lipinski definition) is 4. The molecule has 3 nitrogen and oxygen atoms in total. The molecule has 2 rings (SSSR count). The summed E-state index contributed by atoms with van der Waals surface area (Å²) >= 11 is 1.71. The maximum atomic E-state index is 6.52. The van der Waals surface area contributed by atoms with E-state index in [0.717, 1.165) is 23.7 Å². The molecule has 1 aromatic heterocycles. The first-order valence-corrected chi connectivity index (χ1v) is 7.06. The summed E-state index contributed by atoms with van der Waals surface area (Å²) in [4.78, 5) is 7.09. The van der Waals surface area contributed by atoms with Crippen molar-refractivity contribution in [3.8, 4) is 0 Å². The minimum Gasteiger partial charge on any atom is -0.318 e.